The first kappa shape index (κ1) is 18.6. The van der Waals surface area contributed by atoms with Crippen molar-refractivity contribution in [1.82, 2.24) is 10.2 Å². The third-order valence-corrected chi connectivity index (χ3v) is 3.81. The Labute approximate surface area is 145 Å². The summed E-state index contributed by atoms with van der Waals surface area (Å²) in [6.07, 6.45) is 0.584. The molecule has 0 unspecified atom stereocenters. The lowest BCUT2D eigenvalue weighted by Gasteiger charge is -2.21. The van der Waals surface area contributed by atoms with Gasteiger partial charge in [0, 0.05) is 26.6 Å². The fourth-order valence-corrected chi connectivity index (χ4v) is 2.39. The summed E-state index contributed by atoms with van der Waals surface area (Å²) in [5, 5.41) is 2.61. The van der Waals surface area contributed by atoms with E-state index in [1.54, 1.807) is 23.1 Å². The molecule has 0 radical (unpaired) electrons. The van der Waals surface area contributed by atoms with Gasteiger partial charge in [-0.15, -0.1) is 0 Å². The Morgan fingerprint density at radius 1 is 1.00 bits per heavy atom. The van der Waals surface area contributed by atoms with Crippen LogP contribution in [0.5, 0.6) is 0 Å². The topological polar surface area (TPSA) is 49.4 Å². The molecule has 0 aromatic heterocycles. The lowest BCUT2D eigenvalue weighted by molar-refractivity contribution is -0.128. The molecule has 0 atom stereocenters. The average molecular weight is 346 g/mol. The molecule has 0 spiro atoms. The lowest BCUT2D eigenvalue weighted by Crippen LogP contribution is -2.38. The minimum absolute atomic E-state index is 0.0248. The molecule has 0 aliphatic rings. The van der Waals surface area contributed by atoms with Gasteiger partial charge in [0.1, 0.15) is 11.6 Å². The van der Waals surface area contributed by atoms with E-state index in [2.05, 4.69) is 5.32 Å². The van der Waals surface area contributed by atoms with Crippen LogP contribution in [0.4, 0.5) is 8.78 Å². The minimum Gasteiger partial charge on any atom is -0.350 e. The Kier molecular flexibility index (Phi) is 6.62. The Balaban J connectivity index is 1.83. The molecule has 0 bridgehead atoms. The van der Waals surface area contributed by atoms with Gasteiger partial charge in [0.15, 0.2) is 0 Å². The Morgan fingerprint density at radius 2 is 1.68 bits per heavy atom. The van der Waals surface area contributed by atoms with Crippen LogP contribution in [0.2, 0.25) is 0 Å². The second-order valence-electron chi connectivity index (χ2n) is 5.62. The molecule has 25 heavy (non-hydrogen) atoms. The van der Waals surface area contributed by atoms with Crippen molar-refractivity contribution >= 4 is 11.8 Å². The maximum Gasteiger partial charge on any atom is 0.254 e. The van der Waals surface area contributed by atoms with Crippen molar-refractivity contribution in [1.29, 1.82) is 0 Å². The first-order valence-corrected chi connectivity index (χ1v) is 8.00. The van der Waals surface area contributed by atoms with E-state index in [9.17, 15) is 18.4 Å². The van der Waals surface area contributed by atoms with Crippen molar-refractivity contribution in [3.05, 3.63) is 71.3 Å². The number of nitrogens with one attached hydrogen (secondary N) is 1. The van der Waals surface area contributed by atoms with Gasteiger partial charge >= 0.3 is 0 Å². The number of rotatable bonds is 7. The van der Waals surface area contributed by atoms with E-state index in [-0.39, 0.29) is 23.8 Å². The zero-order valence-corrected chi connectivity index (χ0v) is 14.0. The number of carbonyl (C=O) groups is 2. The van der Waals surface area contributed by atoms with E-state index in [0.717, 1.165) is 5.56 Å². The summed E-state index contributed by atoms with van der Waals surface area (Å²) in [4.78, 5) is 25.2. The number of hydrogen-bond donors (Lipinski definition) is 1. The number of benzene rings is 2. The smallest absolute Gasteiger partial charge is 0.254 e. The third kappa shape index (κ3) is 5.67. The van der Waals surface area contributed by atoms with Crippen LogP contribution in [0.15, 0.2) is 48.5 Å². The van der Waals surface area contributed by atoms with Gasteiger partial charge in [-0.25, -0.2) is 8.78 Å². The highest BCUT2D eigenvalue weighted by molar-refractivity contribution is 5.94. The van der Waals surface area contributed by atoms with Crippen molar-refractivity contribution in [3.63, 3.8) is 0 Å². The van der Waals surface area contributed by atoms with Crippen LogP contribution in [0, 0.1) is 11.6 Å². The van der Waals surface area contributed by atoms with Crippen molar-refractivity contribution in [2.75, 3.05) is 19.6 Å². The molecule has 4 nitrogen and oxygen atoms in total. The van der Waals surface area contributed by atoms with Crippen LogP contribution in [0.25, 0.3) is 0 Å². The monoisotopic (exact) mass is 346 g/mol. The minimum atomic E-state index is -0.584. The zero-order valence-electron chi connectivity index (χ0n) is 14.0. The number of carbonyl (C=O) groups excluding carboxylic acids is 2. The average Bonchev–Trinajstić information content (AvgIpc) is 2.59. The second kappa shape index (κ2) is 8.92. The molecule has 6 heteroatoms. The van der Waals surface area contributed by atoms with E-state index >= 15 is 0 Å². The molecule has 2 aromatic carbocycles. The summed E-state index contributed by atoms with van der Waals surface area (Å²) in [5.41, 5.74) is 0.895. The third-order valence-electron chi connectivity index (χ3n) is 3.81. The van der Waals surface area contributed by atoms with Crippen molar-refractivity contribution in [2.45, 2.75) is 13.3 Å². The molecule has 0 heterocycles. The predicted molar refractivity (Wildman–Crippen MR) is 91.1 cm³/mol. The van der Waals surface area contributed by atoms with E-state index in [4.69, 9.17) is 0 Å². The van der Waals surface area contributed by atoms with Crippen molar-refractivity contribution in [2.24, 2.45) is 0 Å². The Bertz CT molecular complexity index is 732. The van der Waals surface area contributed by atoms with E-state index in [0.29, 0.717) is 19.5 Å². The Morgan fingerprint density at radius 3 is 2.32 bits per heavy atom. The molecule has 0 aliphatic heterocycles. The summed E-state index contributed by atoms with van der Waals surface area (Å²) in [5.74, 6) is -1.52. The van der Waals surface area contributed by atoms with Gasteiger partial charge in [0.05, 0.1) is 5.56 Å². The van der Waals surface area contributed by atoms with Gasteiger partial charge in [0.2, 0.25) is 5.91 Å². The molecule has 0 saturated heterocycles. The van der Waals surface area contributed by atoms with Gasteiger partial charge < -0.3 is 10.2 Å². The van der Waals surface area contributed by atoms with Crippen LogP contribution in [-0.4, -0.2) is 36.3 Å². The van der Waals surface area contributed by atoms with E-state index < -0.39 is 11.7 Å². The molecular weight excluding hydrogens is 326 g/mol. The normalized spacial score (nSPS) is 10.4. The maximum atomic E-state index is 13.5. The molecule has 132 valence electrons. The van der Waals surface area contributed by atoms with Crippen LogP contribution >= 0.6 is 0 Å². The van der Waals surface area contributed by atoms with Crippen LogP contribution in [0.3, 0.4) is 0 Å². The second-order valence-corrected chi connectivity index (χ2v) is 5.62. The SMILES string of the molecule is CC(=O)N(CCNC(=O)c1ccccc1F)CCc1ccc(F)cc1. The highest BCUT2D eigenvalue weighted by atomic mass is 19.1. The first-order valence-electron chi connectivity index (χ1n) is 8.00. The fraction of sp³-hybridized carbons (Fsp3) is 0.263. The highest BCUT2D eigenvalue weighted by Crippen LogP contribution is 2.06. The number of halogens is 2. The predicted octanol–water partition coefficient (Wildman–Crippen LogP) is 2.79. The van der Waals surface area contributed by atoms with Crippen LogP contribution in [-0.2, 0) is 11.2 Å². The molecule has 0 aliphatic carbocycles. The van der Waals surface area contributed by atoms with Gasteiger partial charge in [-0.05, 0) is 36.2 Å². The molecular formula is C19H20F2N2O2. The standard InChI is InChI=1S/C19H20F2N2O2/c1-14(24)23(12-10-15-6-8-16(20)9-7-15)13-11-22-19(25)17-4-2-3-5-18(17)21/h2-9H,10-13H2,1H3,(H,22,25). The molecule has 2 rings (SSSR count). The van der Waals surface area contributed by atoms with Crippen molar-refractivity contribution < 1.29 is 18.4 Å². The molecule has 0 saturated carbocycles. The largest absolute Gasteiger partial charge is 0.350 e. The van der Waals surface area contributed by atoms with Crippen LogP contribution < -0.4 is 5.32 Å². The number of nitrogens with zero attached hydrogens (tertiary/aromatic N) is 1. The molecule has 2 aromatic rings. The Hall–Kier alpha value is -2.76. The summed E-state index contributed by atoms with van der Waals surface area (Å²) in [6, 6.07) is 11.8. The van der Waals surface area contributed by atoms with E-state index in [1.807, 2.05) is 0 Å². The molecule has 2 amide bonds. The first-order chi connectivity index (χ1) is 12.0. The number of amides is 2. The number of hydrogen-bond acceptors (Lipinski definition) is 2. The lowest BCUT2D eigenvalue weighted by atomic mass is 10.1. The molecule has 1 N–H and O–H groups in total. The summed E-state index contributed by atoms with van der Waals surface area (Å²) in [6.45, 7) is 2.44. The highest BCUT2D eigenvalue weighted by Gasteiger charge is 2.12. The molecule has 0 fully saturated rings. The van der Waals surface area contributed by atoms with Gasteiger partial charge in [-0.2, -0.15) is 0 Å². The summed E-state index contributed by atoms with van der Waals surface area (Å²) in [7, 11) is 0. The van der Waals surface area contributed by atoms with Gasteiger partial charge in [-0.1, -0.05) is 24.3 Å². The maximum absolute atomic E-state index is 13.5. The fourth-order valence-electron chi connectivity index (χ4n) is 2.39. The summed E-state index contributed by atoms with van der Waals surface area (Å²) < 4.78 is 26.4. The zero-order chi connectivity index (χ0) is 18.2. The van der Waals surface area contributed by atoms with Gasteiger partial charge in [0.25, 0.3) is 5.91 Å². The van der Waals surface area contributed by atoms with E-state index in [1.165, 1.54) is 37.3 Å². The van der Waals surface area contributed by atoms with Crippen LogP contribution in [0.1, 0.15) is 22.8 Å². The van der Waals surface area contributed by atoms with Gasteiger partial charge in [-0.3, -0.25) is 9.59 Å². The summed E-state index contributed by atoms with van der Waals surface area (Å²) >= 11 is 0. The van der Waals surface area contributed by atoms with Crippen molar-refractivity contribution in [3.8, 4) is 0 Å². The quantitative estimate of drug-likeness (QED) is 0.838.